The number of hydrogen-bond acceptors (Lipinski definition) is 2. The molecule has 1 saturated carbocycles. The lowest BCUT2D eigenvalue weighted by atomic mass is 9.65. The van der Waals surface area contributed by atoms with E-state index in [1.807, 2.05) is 37.2 Å². The summed E-state index contributed by atoms with van der Waals surface area (Å²) in [6, 6.07) is 10.5. The Hall–Kier alpha value is -1.55. The molecule has 0 aliphatic heterocycles. The number of hydrogen-bond donors (Lipinski definition) is 1. The van der Waals surface area contributed by atoms with E-state index in [0.717, 1.165) is 6.42 Å². The monoisotopic (exact) mass is 275 g/mol. The molecular formula is C16H25N3O. The summed E-state index contributed by atoms with van der Waals surface area (Å²) in [6.45, 7) is 5.06. The number of nitrogens with zero attached hydrogens (tertiary/aromatic N) is 2. The van der Waals surface area contributed by atoms with Crippen molar-refractivity contribution in [1.29, 1.82) is 0 Å². The molecule has 2 rings (SSSR count). The Labute approximate surface area is 121 Å². The van der Waals surface area contributed by atoms with E-state index in [1.54, 1.807) is 0 Å². The van der Waals surface area contributed by atoms with Gasteiger partial charge in [0.25, 0.3) is 0 Å². The van der Waals surface area contributed by atoms with E-state index in [-0.39, 0.29) is 17.6 Å². The van der Waals surface area contributed by atoms with E-state index >= 15 is 0 Å². The molecule has 1 aliphatic rings. The minimum Gasteiger partial charge on any atom is -0.373 e. The summed E-state index contributed by atoms with van der Waals surface area (Å²) in [5.74, 6) is 0.588. The third-order valence-electron chi connectivity index (χ3n) is 4.17. The highest BCUT2D eigenvalue weighted by Gasteiger charge is 2.49. The van der Waals surface area contributed by atoms with Crippen molar-refractivity contribution in [3.63, 3.8) is 0 Å². The highest BCUT2D eigenvalue weighted by Crippen LogP contribution is 2.45. The average molecular weight is 275 g/mol. The molecule has 0 saturated heterocycles. The van der Waals surface area contributed by atoms with Gasteiger partial charge in [-0.1, -0.05) is 44.2 Å². The van der Waals surface area contributed by atoms with Gasteiger partial charge in [0.05, 0.1) is 18.8 Å². The maximum atomic E-state index is 6.03. The van der Waals surface area contributed by atoms with E-state index in [4.69, 9.17) is 10.5 Å². The minimum atomic E-state index is 0.0371. The van der Waals surface area contributed by atoms with E-state index in [2.05, 4.69) is 31.0 Å². The second-order valence-corrected chi connectivity index (χ2v) is 6.24. The largest absolute Gasteiger partial charge is 0.373 e. The van der Waals surface area contributed by atoms with Crippen LogP contribution in [0, 0.1) is 5.41 Å². The maximum absolute atomic E-state index is 6.03. The molecule has 0 spiro atoms. The van der Waals surface area contributed by atoms with Crippen molar-refractivity contribution < 1.29 is 4.74 Å². The number of guanidine groups is 1. The summed E-state index contributed by atoms with van der Waals surface area (Å²) in [4.78, 5) is 6.42. The maximum Gasteiger partial charge on any atom is 0.191 e. The van der Waals surface area contributed by atoms with E-state index in [9.17, 15) is 0 Å². The summed E-state index contributed by atoms with van der Waals surface area (Å²) < 4.78 is 6.03. The van der Waals surface area contributed by atoms with Crippen LogP contribution in [0.3, 0.4) is 0 Å². The van der Waals surface area contributed by atoms with Crippen molar-refractivity contribution in [3.05, 3.63) is 35.9 Å². The molecule has 2 N–H and O–H groups in total. The third-order valence-corrected chi connectivity index (χ3v) is 4.17. The zero-order valence-electron chi connectivity index (χ0n) is 12.8. The topological polar surface area (TPSA) is 50.8 Å². The van der Waals surface area contributed by atoms with Crippen molar-refractivity contribution in [2.45, 2.75) is 39.0 Å². The van der Waals surface area contributed by atoms with Gasteiger partial charge in [-0.05, 0) is 12.0 Å². The van der Waals surface area contributed by atoms with Crippen molar-refractivity contribution in [2.75, 3.05) is 14.1 Å². The smallest absolute Gasteiger partial charge is 0.191 e. The fourth-order valence-electron chi connectivity index (χ4n) is 2.41. The molecule has 1 aromatic rings. The Bertz CT molecular complexity index is 468. The van der Waals surface area contributed by atoms with Gasteiger partial charge in [0.15, 0.2) is 5.96 Å². The van der Waals surface area contributed by atoms with Gasteiger partial charge in [0.2, 0.25) is 0 Å². The van der Waals surface area contributed by atoms with Crippen molar-refractivity contribution in [3.8, 4) is 0 Å². The molecule has 1 fully saturated rings. The first-order chi connectivity index (χ1) is 9.41. The number of rotatable bonds is 4. The Morgan fingerprint density at radius 3 is 2.55 bits per heavy atom. The van der Waals surface area contributed by atoms with Crippen LogP contribution < -0.4 is 5.73 Å². The average Bonchev–Trinajstić information content (AvgIpc) is 2.42. The van der Waals surface area contributed by atoms with Crippen LogP contribution in [0.1, 0.15) is 25.8 Å². The first kappa shape index (κ1) is 14.9. The van der Waals surface area contributed by atoms with Crippen LogP contribution in [0.15, 0.2) is 35.3 Å². The molecule has 0 amide bonds. The fourth-order valence-corrected chi connectivity index (χ4v) is 2.41. The summed E-state index contributed by atoms with van der Waals surface area (Å²) >= 11 is 0. The van der Waals surface area contributed by atoms with Crippen LogP contribution in [-0.2, 0) is 11.3 Å². The summed E-state index contributed by atoms with van der Waals surface area (Å²) in [5, 5.41) is 0. The Kier molecular flexibility index (Phi) is 4.33. The van der Waals surface area contributed by atoms with Gasteiger partial charge < -0.3 is 15.4 Å². The summed E-state index contributed by atoms with van der Waals surface area (Å²) in [6.07, 6.45) is 1.18. The van der Waals surface area contributed by atoms with Crippen LogP contribution >= 0.6 is 0 Å². The molecule has 0 radical (unpaired) electrons. The van der Waals surface area contributed by atoms with E-state index in [0.29, 0.717) is 12.6 Å². The molecule has 1 aromatic carbocycles. The zero-order chi connectivity index (χ0) is 14.8. The van der Waals surface area contributed by atoms with Gasteiger partial charge in [0.1, 0.15) is 0 Å². The Morgan fingerprint density at radius 2 is 2.00 bits per heavy atom. The first-order valence-electron chi connectivity index (χ1n) is 7.07. The van der Waals surface area contributed by atoms with Crippen LogP contribution in [0.4, 0.5) is 0 Å². The molecule has 110 valence electrons. The second kappa shape index (κ2) is 5.83. The number of nitrogens with two attached hydrogens (primary N) is 1. The Balaban J connectivity index is 1.89. The van der Waals surface area contributed by atoms with Gasteiger partial charge >= 0.3 is 0 Å². The lowest BCUT2D eigenvalue weighted by Gasteiger charge is -2.49. The predicted octanol–water partition coefficient (Wildman–Crippen LogP) is 2.25. The molecule has 1 aliphatic carbocycles. The molecule has 20 heavy (non-hydrogen) atoms. The zero-order valence-corrected chi connectivity index (χ0v) is 12.8. The quantitative estimate of drug-likeness (QED) is 0.677. The van der Waals surface area contributed by atoms with Crippen LogP contribution in [0.2, 0.25) is 0 Å². The standard InChI is InChI=1S/C16H25N3O/c1-16(2)13(18-15(17)19(3)4)10-14(16)20-11-12-8-6-5-7-9-12/h5-9,13-14H,10-11H2,1-4H3,(H2,17,18). The van der Waals surface area contributed by atoms with Crippen molar-refractivity contribution in [2.24, 2.45) is 16.1 Å². The van der Waals surface area contributed by atoms with Gasteiger partial charge in [-0.3, -0.25) is 0 Å². The summed E-state index contributed by atoms with van der Waals surface area (Å²) in [5.41, 5.74) is 7.14. The normalized spacial score (nSPS) is 25.1. The number of benzene rings is 1. The second-order valence-electron chi connectivity index (χ2n) is 6.24. The number of aliphatic imine (C=N–C) groups is 1. The van der Waals surface area contributed by atoms with Crippen LogP contribution in [0.25, 0.3) is 0 Å². The first-order valence-corrected chi connectivity index (χ1v) is 7.07. The molecule has 4 heteroatoms. The molecular weight excluding hydrogens is 250 g/mol. The molecule has 0 bridgehead atoms. The van der Waals surface area contributed by atoms with Crippen molar-refractivity contribution >= 4 is 5.96 Å². The fraction of sp³-hybridized carbons (Fsp3) is 0.562. The van der Waals surface area contributed by atoms with E-state index < -0.39 is 0 Å². The molecule has 2 atom stereocenters. The molecule has 4 nitrogen and oxygen atoms in total. The van der Waals surface area contributed by atoms with E-state index in [1.165, 1.54) is 5.56 Å². The van der Waals surface area contributed by atoms with Gasteiger partial charge in [-0.15, -0.1) is 0 Å². The van der Waals surface area contributed by atoms with Crippen LogP contribution in [-0.4, -0.2) is 37.1 Å². The molecule has 0 aromatic heterocycles. The summed E-state index contributed by atoms with van der Waals surface area (Å²) in [7, 11) is 3.82. The lowest BCUT2D eigenvalue weighted by Crippen LogP contribution is -2.54. The van der Waals surface area contributed by atoms with Gasteiger partial charge in [-0.25, -0.2) is 4.99 Å². The van der Waals surface area contributed by atoms with Gasteiger partial charge in [0, 0.05) is 19.5 Å². The third kappa shape index (κ3) is 3.12. The van der Waals surface area contributed by atoms with Crippen molar-refractivity contribution in [1.82, 2.24) is 4.90 Å². The molecule has 0 heterocycles. The van der Waals surface area contributed by atoms with Gasteiger partial charge in [-0.2, -0.15) is 0 Å². The lowest BCUT2D eigenvalue weighted by molar-refractivity contribution is -0.114. The Morgan fingerprint density at radius 1 is 1.35 bits per heavy atom. The minimum absolute atomic E-state index is 0.0371. The highest BCUT2D eigenvalue weighted by molar-refractivity contribution is 5.77. The number of ether oxygens (including phenoxy) is 1. The predicted molar refractivity (Wildman–Crippen MR) is 82.5 cm³/mol. The highest BCUT2D eigenvalue weighted by atomic mass is 16.5. The SMILES string of the molecule is CN(C)C(N)=NC1CC(OCc2ccccc2)C1(C)C. The molecule has 2 unspecified atom stereocenters. The van der Waals surface area contributed by atoms with Crippen LogP contribution in [0.5, 0.6) is 0 Å².